The molecule has 5 heteroatoms. The summed E-state index contributed by atoms with van der Waals surface area (Å²) in [4.78, 5) is 15.3. The third-order valence-corrected chi connectivity index (χ3v) is 3.48. The number of aromatic nitrogens is 1. The van der Waals surface area contributed by atoms with Crippen LogP contribution in [0.15, 0.2) is 42.6 Å². The fraction of sp³-hybridized carbons (Fsp3) is 0.200. The molecule has 20 heavy (non-hydrogen) atoms. The van der Waals surface area contributed by atoms with E-state index in [1.807, 2.05) is 12.1 Å². The Hall–Kier alpha value is -1.58. The van der Waals surface area contributed by atoms with Gasteiger partial charge in [0.25, 0.3) is 0 Å². The lowest BCUT2D eigenvalue weighted by Gasteiger charge is -2.12. The zero-order valence-electron chi connectivity index (χ0n) is 10.6. The van der Waals surface area contributed by atoms with Crippen molar-refractivity contribution >= 4 is 29.2 Å². The fourth-order valence-corrected chi connectivity index (χ4v) is 2.33. The Morgan fingerprint density at radius 1 is 1.10 bits per heavy atom. The minimum absolute atomic E-state index is 0.373. The molecule has 0 fully saturated rings. The minimum Gasteiger partial charge on any atom is -0.481 e. The maximum atomic E-state index is 11.4. The standard InChI is InChI=1S/C15H13Cl2NO2/c16-13-3-1-10(2-4-13)7-12(15(19)20)8-11-5-6-18-14(17)9-11/h1-6,9,12H,7-8H2,(H,19,20). The number of benzene rings is 1. The van der Waals surface area contributed by atoms with Crippen molar-refractivity contribution < 1.29 is 9.90 Å². The first-order chi connectivity index (χ1) is 9.54. The van der Waals surface area contributed by atoms with Crippen LogP contribution in [-0.2, 0) is 17.6 Å². The smallest absolute Gasteiger partial charge is 0.307 e. The Labute approximate surface area is 127 Å². The molecule has 2 aromatic rings. The van der Waals surface area contributed by atoms with Crippen LogP contribution in [0.2, 0.25) is 10.2 Å². The second-order valence-corrected chi connectivity index (χ2v) is 5.38. The highest BCUT2D eigenvalue weighted by Gasteiger charge is 2.18. The molecular formula is C15H13Cl2NO2. The molecule has 0 saturated heterocycles. The SMILES string of the molecule is O=C(O)C(Cc1ccc(Cl)cc1)Cc1ccnc(Cl)c1. The summed E-state index contributed by atoms with van der Waals surface area (Å²) < 4.78 is 0. The van der Waals surface area contributed by atoms with E-state index >= 15 is 0 Å². The lowest BCUT2D eigenvalue weighted by molar-refractivity contribution is -0.141. The van der Waals surface area contributed by atoms with Gasteiger partial charge in [0.2, 0.25) is 0 Å². The number of halogens is 2. The number of nitrogens with zero attached hydrogens (tertiary/aromatic N) is 1. The summed E-state index contributed by atoms with van der Waals surface area (Å²) in [7, 11) is 0. The zero-order chi connectivity index (χ0) is 14.5. The van der Waals surface area contributed by atoms with E-state index in [4.69, 9.17) is 23.2 Å². The molecule has 1 unspecified atom stereocenters. The van der Waals surface area contributed by atoms with Gasteiger partial charge in [0.15, 0.2) is 0 Å². The normalized spacial score (nSPS) is 12.1. The Kier molecular flexibility index (Phi) is 4.99. The maximum Gasteiger partial charge on any atom is 0.307 e. The Morgan fingerprint density at radius 3 is 2.35 bits per heavy atom. The molecule has 0 amide bonds. The summed E-state index contributed by atoms with van der Waals surface area (Å²) in [5, 5.41) is 10.4. The molecule has 0 spiro atoms. The largest absolute Gasteiger partial charge is 0.481 e. The summed E-state index contributed by atoms with van der Waals surface area (Å²) in [6.45, 7) is 0. The summed E-state index contributed by atoms with van der Waals surface area (Å²) in [5.74, 6) is -1.33. The number of aliphatic carboxylic acids is 1. The van der Waals surface area contributed by atoms with E-state index in [1.54, 1.807) is 30.5 Å². The molecule has 1 N–H and O–H groups in total. The number of hydrogen-bond acceptors (Lipinski definition) is 2. The molecule has 0 radical (unpaired) electrons. The number of rotatable bonds is 5. The van der Waals surface area contributed by atoms with E-state index in [-0.39, 0.29) is 0 Å². The van der Waals surface area contributed by atoms with E-state index in [2.05, 4.69) is 4.98 Å². The van der Waals surface area contributed by atoms with E-state index in [9.17, 15) is 9.90 Å². The molecule has 0 bridgehead atoms. The van der Waals surface area contributed by atoms with E-state index < -0.39 is 11.9 Å². The van der Waals surface area contributed by atoms with Gasteiger partial charge >= 0.3 is 5.97 Å². The maximum absolute atomic E-state index is 11.4. The highest BCUT2D eigenvalue weighted by molar-refractivity contribution is 6.30. The van der Waals surface area contributed by atoms with Gasteiger partial charge in [-0.05, 0) is 48.2 Å². The predicted molar refractivity (Wildman–Crippen MR) is 79.2 cm³/mol. The fourth-order valence-electron chi connectivity index (χ4n) is 2.01. The lowest BCUT2D eigenvalue weighted by atomic mass is 9.93. The Bertz CT molecular complexity index is 599. The third kappa shape index (κ3) is 4.22. The number of hydrogen-bond donors (Lipinski definition) is 1. The molecule has 0 aliphatic rings. The molecule has 0 aliphatic carbocycles. The van der Waals surface area contributed by atoms with Crippen molar-refractivity contribution in [1.29, 1.82) is 0 Å². The van der Waals surface area contributed by atoms with E-state index in [0.29, 0.717) is 23.0 Å². The first-order valence-corrected chi connectivity index (χ1v) is 6.88. The summed E-state index contributed by atoms with van der Waals surface area (Å²) in [5.41, 5.74) is 1.81. The first kappa shape index (κ1) is 14.8. The van der Waals surface area contributed by atoms with Crippen molar-refractivity contribution in [2.75, 3.05) is 0 Å². The van der Waals surface area contributed by atoms with Gasteiger partial charge in [-0.3, -0.25) is 4.79 Å². The van der Waals surface area contributed by atoms with Crippen LogP contribution in [-0.4, -0.2) is 16.1 Å². The van der Waals surface area contributed by atoms with E-state index in [0.717, 1.165) is 11.1 Å². The number of carboxylic acid groups (broad SMARTS) is 1. The molecule has 104 valence electrons. The van der Waals surface area contributed by atoms with Crippen molar-refractivity contribution in [1.82, 2.24) is 4.98 Å². The van der Waals surface area contributed by atoms with Crippen molar-refractivity contribution in [3.63, 3.8) is 0 Å². The van der Waals surface area contributed by atoms with Crippen molar-refractivity contribution in [2.45, 2.75) is 12.8 Å². The van der Waals surface area contributed by atoms with Gasteiger partial charge in [-0.15, -0.1) is 0 Å². The van der Waals surface area contributed by atoms with E-state index in [1.165, 1.54) is 0 Å². The first-order valence-electron chi connectivity index (χ1n) is 6.12. The second-order valence-electron chi connectivity index (χ2n) is 4.56. The second kappa shape index (κ2) is 6.73. The highest BCUT2D eigenvalue weighted by Crippen LogP contribution is 2.18. The molecule has 1 aromatic carbocycles. The molecule has 1 heterocycles. The Balaban J connectivity index is 2.11. The molecule has 1 aromatic heterocycles. The van der Waals surface area contributed by atoms with Gasteiger partial charge in [0, 0.05) is 11.2 Å². The molecule has 1 atom stereocenters. The average molecular weight is 310 g/mol. The predicted octanol–water partition coefficient (Wildman–Crippen LogP) is 3.87. The number of carbonyl (C=O) groups is 1. The topological polar surface area (TPSA) is 50.2 Å². The molecular weight excluding hydrogens is 297 g/mol. The quantitative estimate of drug-likeness (QED) is 0.853. The van der Waals surface area contributed by atoms with Gasteiger partial charge < -0.3 is 5.11 Å². The van der Waals surface area contributed by atoms with Gasteiger partial charge in [-0.25, -0.2) is 4.98 Å². The average Bonchev–Trinajstić information content (AvgIpc) is 2.40. The Morgan fingerprint density at radius 2 is 1.75 bits per heavy atom. The highest BCUT2D eigenvalue weighted by atomic mass is 35.5. The van der Waals surface area contributed by atoms with Crippen molar-refractivity contribution in [3.8, 4) is 0 Å². The van der Waals surface area contributed by atoms with Crippen LogP contribution < -0.4 is 0 Å². The molecule has 2 rings (SSSR count). The van der Waals surface area contributed by atoms with Crippen LogP contribution in [0.1, 0.15) is 11.1 Å². The summed E-state index contributed by atoms with van der Waals surface area (Å²) in [6, 6.07) is 10.7. The van der Waals surface area contributed by atoms with Gasteiger partial charge in [0.05, 0.1) is 5.92 Å². The number of carboxylic acids is 1. The van der Waals surface area contributed by atoms with Crippen LogP contribution >= 0.6 is 23.2 Å². The van der Waals surface area contributed by atoms with Crippen LogP contribution in [0.3, 0.4) is 0 Å². The van der Waals surface area contributed by atoms with Crippen LogP contribution in [0.5, 0.6) is 0 Å². The van der Waals surface area contributed by atoms with Crippen molar-refractivity contribution in [2.24, 2.45) is 5.92 Å². The molecule has 3 nitrogen and oxygen atoms in total. The van der Waals surface area contributed by atoms with Crippen molar-refractivity contribution in [3.05, 3.63) is 63.9 Å². The van der Waals surface area contributed by atoms with Gasteiger partial charge in [-0.2, -0.15) is 0 Å². The zero-order valence-corrected chi connectivity index (χ0v) is 12.1. The van der Waals surface area contributed by atoms with Crippen LogP contribution in [0.4, 0.5) is 0 Å². The third-order valence-electron chi connectivity index (χ3n) is 3.02. The van der Waals surface area contributed by atoms with Crippen LogP contribution in [0.25, 0.3) is 0 Å². The summed E-state index contributed by atoms with van der Waals surface area (Å²) >= 11 is 11.6. The molecule has 0 saturated carbocycles. The number of pyridine rings is 1. The molecule has 0 aliphatic heterocycles. The van der Waals surface area contributed by atoms with Gasteiger partial charge in [0.1, 0.15) is 5.15 Å². The van der Waals surface area contributed by atoms with Gasteiger partial charge in [-0.1, -0.05) is 35.3 Å². The minimum atomic E-state index is -0.826. The van der Waals surface area contributed by atoms with Crippen LogP contribution in [0, 0.1) is 5.92 Å². The monoisotopic (exact) mass is 309 g/mol. The lowest BCUT2D eigenvalue weighted by Crippen LogP contribution is -2.19. The summed E-state index contributed by atoms with van der Waals surface area (Å²) in [6.07, 6.45) is 2.45.